The van der Waals surface area contributed by atoms with Gasteiger partial charge in [-0.1, -0.05) is 0 Å². The summed E-state index contributed by atoms with van der Waals surface area (Å²) in [6, 6.07) is 10.00. The molecule has 27 heavy (non-hydrogen) atoms. The zero-order valence-corrected chi connectivity index (χ0v) is 15.9. The van der Waals surface area contributed by atoms with Crippen LogP contribution in [0.5, 0.6) is 0 Å². The first-order valence-corrected chi connectivity index (χ1v) is 9.01. The monoisotopic (exact) mass is 380 g/mol. The summed E-state index contributed by atoms with van der Waals surface area (Å²) < 4.78 is 15.1. The SMILES string of the molecule is Cc1cnc(NC(=O)/C(C#N)=C\c2cc(C)n(-c3ccc(F)cc3)c2C)s1. The Bertz CT molecular complexity index is 1070. The van der Waals surface area contributed by atoms with Crippen LogP contribution in [0.1, 0.15) is 21.8 Å². The minimum absolute atomic E-state index is 0.0118. The van der Waals surface area contributed by atoms with Crippen molar-refractivity contribution in [2.24, 2.45) is 0 Å². The van der Waals surface area contributed by atoms with Crippen LogP contribution in [0.15, 0.2) is 42.1 Å². The van der Waals surface area contributed by atoms with E-state index in [0.717, 1.165) is 27.5 Å². The van der Waals surface area contributed by atoms with Gasteiger partial charge in [-0.2, -0.15) is 5.26 Å². The second-order valence-corrected chi connectivity index (χ2v) is 7.27. The Morgan fingerprint density at radius 2 is 2.00 bits per heavy atom. The van der Waals surface area contributed by atoms with Gasteiger partial charge in [0.15, 0.2) is 5.13 Å². The number of benzene rings is 1. The molecule has 0 radical (unpaired) electrons. The van der Waals surface area contributed by atoms with Crippen molar-refractivity contribution in [1.82, 2.24) is 9.55 Å². The number of carbonyl (C=O) groups is 1. The molecule has 0 bridgehead atoms. The van der Waals surface area contributed by atoms with Crippen LogP contribution in [0, 0.1) is 37.9 Å². The summed E-state index contributed by atoms with van der Waals surface area (Å²) in [6.45, 7) is 5.69. The van der Waals surface area contributed by atoms with E-state index in [-0.39, 0.29) is 11.4 Å². The average molecular weight is 380 g/mol. The minimum Gasteiger partial charge on any atom is -0.318 e. The first-order chi connectivity index (χ1) is 12.9. The molecule has 0 aliphatic heterocycles. The van der Waals surface area contributed by atoms with E-state index in [0.29, 0.717) is 5.13 Å². The molecule has 3 aromatic rings. The normalized spacial score (nSPS) is 11.3. The van der Waals surface area contributed by atoms with E-state index in [1.807, 2.05) is 37.5 Å². The van der Waals surface area contributed by atoms with Crippen molar-refractivity contribution in [3.8, 4) is 11.8 Å². The van der Waals surface area contributed by atoms with Crippen LogP contribution in [0.4, 0.5) is 9.52 Å². The number of nitrogens with one attached hydrogen (secondary N) is 1. The van der Waals surface area contributed by atoms with Crippen LogP contribution in [-0.4, -0.2) is 15.5 Å². The summed E-state index contributed by atoms with van der Waals surface area (Å²) in [5.41, 5.74) is 3.32. The van der Waals surface area contributed by atoms with Gasteiger partial charge < -0.3 is 4.57 Å². The molecule has 0 saturated carbocycles. The third kappa shape index (κ3) is 3.96. The quantitative estimate of drug-likeness (QED) is 0.533. The van der Waals surface area contributed by atoms with Gasteiger partial charge in [-0.3, -0.25) is 10.1 Å². The zero-order valence-electron chi connectivity index (χ0n) is 15.1. The first kappa shape index (κ1) is 18.5. The van der Waals surface area contributed by atoms with Gasteiger partial charge in [0.05, 0.1) is 0 Å². The molecular weight excluding hydrogens is 363 g/mol. The third-order valence-electron chi connectivity index (χ3n) is 4.06. The largest absolute Gasteiger partial charge is 0.318 e. The molecule has 0 unspecified atom stereocenters. The molecule has 7 heteroatoms. The number of halogens is 1. The summed E-state index contributed by atoms with van der Waals surface area (Å²) in [5.74, 6) is -0.805. The predicted octanol–water partition coefficient (Wildman–Crippen LogP) is 4.54. The van der Waals surface area contributed by atoms with Crippen LogP contribution >= 0.6 is 11.3 Å². The maximum atomic E-state index is 13.2. The fraction of sp³-hybridized carbons (Fsp3) is 0.150. The Hall–Kier alpha value is -3.24. The van der Waals surface area contributed by atoms with Gasteiger partial charge in [0.1, 0.15) is 17.5 Å². The van der Waals surface area contributed by atoms with E-state index in [2.05, 4.69) is 10.3 Å². The van der Waals surface area contributed by atoms with E-state index < -0.39 is 5.91 Å². The highest BCUT2D eigenvalue weighted by Gasteiger charge is 2.15. The van der Waals surface area contributed by atoms with E-state index in [4.69, 9.17) is 0 Å². The second-order valence-electron chi connectivity index (χ2n) is 6.04. The molecule has 0 atom stereocenters. The molecule has 1 aromatic carbocycles. The number of carbonyl (C=O) groups excluding carboxylic acids is 1. The molecule has 0 saturated heterocycles. The maximum Gasteiger partial charge on any atom is 0.268 e. The Kier molecular flexibility index (Phi) is 5.19. The summed E-state index contributed by atoms with van der Waals surface area (Å²) >= 11 is 1.34. The molecule has 0 spiro atoms. The molecule has 2 aromatic heterocycles. The number of rotatable bonds is 4. The standard InChI is InChI=1S/C20H17FN4OS/c1-12-8-15(14(3)25(12)18-6-4-17(21)5-7-18)9-16(10-22)19(26)24-20-23-11-13(2)27-20/h4-9,11H,1-3H3,(H,23,24,26)/b16-9-. The Balaban J connectivity index is 1.93. The van der Waals surface area contributed by atoms with Crippen LogP contribution in [0.3, 0.4) is 0 Å². The number of amides is 1. The number of hydrogen-bond donors (Lipinski definition) is 1. The molecule has 0 fully saturated rings. The highest BCUT2D eigenvalue weighted by atomic mass is 32.1. The Morgan fingerprint density at radius 1 is 1.30 bits per heavy atom. The smallest absolute Gasteiger partial charge is 0.268 e. The number of thiazole rings is 1. The van der Waals surface area contributed by atoms with Crippen LogP contribution < -0.4 is 5.32 Å². The molecule has 3 rings (SSSR count). The van der Waals surface area contributed by atoms with Gasteiger partial charge >= 0.3 is 0 Å². The van der Waals surface area contributed by atoms with Crippen molar-refractivity contribution in [3.63, 3.8) is 0 Å². The zero-order chi connectivity index (χ0) is 19.6. The number of hydrogen-bond acceptors (Lipinski definition) is 4. The molecule has 5 nitrogen and oxygen atoms in total. The Labute approximate surface area is 160 Å². The van der Waals surface area contributed by atoms with Crippen molar-refractivity contribution in [3.05, 3.63) is 69.7 Å². The highest BCUT2D eigenvalue weighted by Crippen LogP contribution is 2.24. The predicted molar refractivity (Wildman–Crippen MR) is 104 cm³/mol. The Morgan fingerprint density at radius 3 is 2.59 bits per heavy atom. The second kappa shape index (κ2) is 7.56. The molecule has 0 aliphatic rings. The lowest BCUT2D eigenvalue weighted by Gasteiger charge is -2.09. The lowest BCUT2D eigenvalue weighted by atomic mass is 10.1. The number of nitrogens with zero attached hydrogens (tertiary/aromatic N) is 3. The lowest BCUT2D eigenvalue weighted by Crippen LogP contribution is -2.13. The molecule has 1 amide bonds. The summed E-state index contributed by atoms with van der Waals surface area (Å²) in [6.07, 6.45) is 3.21. The van der Waals surface area contributed by atoms with Crippen molar-refractivity contribution in [2.45, 2.75) is 20.8 Å². The van der Waals surface area contributed by atoms with E-state index >= 15 is 0 Å². The van der Waals surface area contributed by atoms with Gasteiger partial charge in [-0.25, -0.2) is 9.37 Å². The summed E-state index contributed by atoms with van der Waals surface area (Å²) in [4.78, 5) is 17.4. The highest BCUT2D eigenvalue weighted by molar-refractivity contribution is 7.15. The molecule has 2 heterocycles. The van der Waals surface area contributed by atoms with Gasteiger partial charge in [0, 0.05) is 28.1 Å². The first-order valence-electron chi connectivity index (χ1n) is 8.19. The molecule has 136 valence electrons. The minimum atomic E-state index is -0.501. The van der Waals surface area contributed by atoms with Gasteiger partial charge in [-0.05, 0) is 62.7 Å². The van der Waals surface area contributed by atoms with Crippen molar-refractivity contribution >= 4 is 28.5 Å². The number of aromatic nitrogens is 2. The topological polar surface area (TPSA) is 70.7 Å². The summed E-state index contributed by atoms with van der Waals surface area (Å²) in [7, 11) is 0. The average Bonchev–Trinajstić information content (AvgIpc) is 3.16. The van der Waals surface area contributed by atoms with Gasteiger partial charge in [-0.15, -0.1) is 11.3 Å². The molecule has 1 N–H and O–H groups in total. The maximum absolute atomic E-state index is 13.2. The fourth-order valence-electron chi connectivity index (χ4n) is 2.80. The van der Waals surface area contributed by atoms with Gasteiger partial charge in [0.2, 0.25) is 0 Å². The van der Waals surface area contributed by atoms with Gasteiger partial charge in [0.25, 0.3) is 5.91 Å². The van der Waals surface area contributed by atoms with Crippen molar-refractivity contribution in [2.75, 3.05) is 5.32 Å². The van der Waals surface area contributed by atoms with Crippen LogP contribution in [-0.2, 0) is 4.79 Å². The number of aryl methyl sites for hydroxylation is 2. The lowest BCUT2D eigenvalue weighted by molar-refractivity contribution is -0.112. The molecule has 0 aliphatic carbocycles. The van der Waals surface area contributed by atoms with E-state index in [9.17, 15) is 14.4 Å². The summed E-state index contributed by atoms with van der Waals surface area (Å²) in [5, 5.41) is 12.5. The van der Waals surface area contributed by atoms with E-state index in [1.165, 1.54) is 23.5 Å². The van der Waals surface area contributed by atoms with Crippen molar-refractivity contribution in [1.29, 1.82) is 5.26 Å². The van der Waals surface area contributed by atoms with Crippen LogP contribution in [0.25, 0.3) is 11.8 Å². The van der Waals surface area contributed by atoms with E-state index in [1.54, 1.807) is 24.4 Å². The van der Waals surface area contributed by atoms with Crippen molar-refractivity contribution < 1.29 is 9.18 Å². The number of anilines is 1. The number of nitriles is 1. The van der Waals surface area contributed by atoms with Crippen LogP contribution in [0.2, 0.25) is 0 Å². The molecular formula is C20H17FN4OS. The third-order valence-corrected chi connectivity index (χ3v) is 4.89. The fourth-order valence-corrected chi connectivity index (χ4v) is 3.46.